The Balaban J connectivity index is 1.28. The first-order chi connectivity index (χ1) is 16.9. The molecule has 2 aliphatic rings. The Labute approximate surface area is 215 Å². The van der Waals surface area contributed by atoms with Gasteiger partial charge in [-0.2, -0.15) is 0 Å². The number of rotatable bonds is 9. The van der Waals surface area contributed by atoms with Gasteiger partial charge in [-0.1, -0.05) is 40.5 Å². The largest absolute Gasteiger partial charge is 0.495 e. The number of methoxy groups -OCH3 is 1. The Hall–Kier alpha value is -2.87. The van der Waals surface area contributed by atoms with Gasteiger partial charge in [0, 0.05) is 53.3 Å². The Morgan fingerprint density at radius 2 is 2.06 bits per heavy atom. The monoisotopic (exact) mass is 516 g/mol. The van der Waals surface area contributed by atoms with Crippen LogP contribution >= 0.6 is 23.2 Å². The number of pyridine rings is 1. The van der Waals surface area contributed by atoms with E-state index < -0.39 is 0 Å². The molecule has 0 bridgehead atoms. The van der Waals surface area contributed by atoms with Gasteiger partial charge in [0.2, 0.25) is 0 Å². The molecule has 0 fully saturated rings. The minimum Gasteiger partial charge on any atom is -0.495 e. The minimum absolute atomic E-state index is 0.190. The topological polar surface area (TPSA) is 73.0 Å². The second-order valence-electron chi connectivity index (χ2n) is 8.43. The summed E-state index contributed by atoms with van der Waals surface area (Å²) in [6.45, 7) is 0.756. The van der Waals surface area contributed by atoms with Crippen molar-refractivity contribution in [1.82, 2.24) is 5.32 Å². The van der Waals surface area contributed by atoms with Gasteiger partial charge in [0.15, 0.2) is 12.4 Å². The summed E-state index contributed by atoms with van der Waals surface area (Å²) in [5.74, 6) is 0.426. The molecule has 0 saturated heterocycles. The molecule has 9 heteroatoms. The van der Waals surface area contributed by atoms with E-state index in [1.165, 1.54) is 0 Å². The smallest absolute Gasteiger partial charge is 0.251 e. The number of oxime groups is 1. The molecule has 0 spiro atoms. The summed E-state index contributed by atoms with van der Waals surface area (Å²) in [5.41, 5.74) is 3.37. The van der Waals surface area contributed by atoms with Crippen molar-refractivity contribution >= 4 is 34.8 Å². The SMILES string of the molecule is COC1CC=C(C(=O)NCC2CC(c3cc[n+](C)cc3)=NO2)C=C1OCCc1ccc(Cl)cc1Cl. The lowest BCUT2D eigenvalue weighted by Crippen LogP contribution is -2.34. The summed E-state index contributed by atoms with van der Waals surface area (Å²) in [7, 11) is 3.59. The molecular formula is C26H28Cl2N3O4+. The standard InChI is InChI=1S/C26H27Cl2N3O4/c1-31-10-7-18(8-11-31)23-15-21(35-30-23)16-29-26(32)19-4-6-24(33-2)25(13-19)34-12-9-17-3-5-20(27)14-22(17)28/h3-5,7-8,10-11,13-14,21,24H,6,9,12,15-16H2,1-2H3/p+1. The van der Waals surface area contributed by atoms with Gasteiger partial charge in [-0.3, -0.25) is 4.79 Å². The van der Waals surface area contributed by atoms with Gasteiger partial charge in [0.1, 0.15) is 25.0 Å². The lowest BCUT2D eigenvalue weighted by molar-refractivity contribution is -0.671. The Morgan fingerprint density at radius 1 is 1.26 bits per heavy atom. The lowest BCUT2D eigenvalue weighted by atomic mass is 10.0. The van der Waals surface area contributed by atoms with Gasteiger partial charge in [-0.25, -0.2) is 4.57 Å². The van der Waals surface area contributed by atoms with Crippen LogP contribution in [0.25, 0.3) is 0 Å². The van der Waals surface area contributed by atoms with E-state index in [0.717, 1.165) is 16.8 Å². The molecule has 1 N–H and O–H groups in total. The third-order valence-electron chi connectivity index (χ3n) is 5.90. The molecule has 35 heavy (non-hydrogen) atoms. The van der Waals surface area contributed by atoms with Gasteiger partial charge in [-0.05, 0) is 30.2 Å². The molecule has 1 aromatic heterocycles. The van der Waals surface area contributed by atoms with Crippen molar-refractivity contribution in [2.24, 2.45) is 12.2 Å². The maximum atomic E-state index is 12.8. The van der Waals surface area contributed by atoms with Gasteiger partial charge < -0.3 is 19.6 Å². The number of hydrogen-bond donors (Lipinski definition) is 1. The van der Waals surface area contributed by atoms with Crippen LogP contribution in [0.1, 0.15) is 24.0 Å². The molecule has 1 aliphatic heterocycles. The maximum absolute atomic E-state index is 12.8. The zero-order valence-electron chi connectivity index (χ0n) is 19.7. The first-order valence-electron chi connectivity index (χ1n) is 11.4. The fourth-order valence-corrected chi connectivity index (χ4v) is 4.38. The number of carbonyl (C=O) groups excluding carboxylic acids is 1. The molecule has 2 aromatic rings. The van der Waals surface area contributed by atoms with Crippen molar-refractivity contribution in [1.29, 1.82) is 0 Å². The molecule has 2 atom stereocenters. The number of aromatic nitrogens is 1. The Morgan fingerprint density at radius 3 is 2.80 bits per heavy atom. The lowest BCUT2D eigenvalue weighted by Gasteiger charge is -2.23. The molecule has 7 nitrogen and oxygen atoms in total. The summed E-state index contributed by atoms with van der Waals surface area (Å²) in [6.07, 6.45) is 8.86. The number of aryl methyl sites for hydroxylation is 1. The molecule has 0 radical (unpaired) electrons. The van der Waals surface area contributed by atoms with Crippen molar-refractivity contribution in [2.45, 2.75) is 31.5 Å². The quantitative estimate of drug-likeness (QED) is 0.512. The van der Waals surface area contributed by atoms with E-state index >= 15 is 0 Å². The molecule has 2 heterocycles. The summed E-state index contributed by atoms with van der Waals surface area (Å²) in [6, 6.07) is 9.38. The second-order valence-corrected chi connectivity index (χ2v) is 9.28. The fourth-order valence-electron chi connectivity index (χ4n) is 3.87. The Bertz CT molecular complexity index is 1160. The molecule has 1 aromatic carbocycles. The van der Waals surface area contributed by atoms with Crippen molar-refractivity contribution < 1.29 is 23.7 Å². The zero-order valence-corrected chi connectivity index (χ0v) is 21.2. The highest BCUT2D eigenvalue weighted by molar-refractivity contribution is 6.35. The summed E-state index contributed by atoms with van der Waals surface area (Å²) in [4.78, 5) is 18.3. The molecule has 4 rings (SSSR count). The first-order valence-corrected chi connectivity index (χ1v) is 12.2. The second kappa shape index (κ2) is 11.7. The third-order valence-corrected chi connectivity index (χ3v) is 6.49. The number of amides is 1. The summed E-state index contributed by atoms with van der Waals surface area (Å²) < 4.78 is 13.5. The van der Waals surface area contributed by atoms with Crippen molar-refractivity contribution in [3.8, 4) is 0 Å². The van der Waals surface area contributed by atoms with E-state index in [0.29, 0.717) is 53.8 Å². The van der Waals surface area contributed by atoms with E-state index in [1.807, 2.05) is 48.3 Å². The number of carbonyl (C=O) groups is 1. The first kappa shape index (κ1) is 25.2. The highest BCUT2D eigenvalue weighted by atomic mass is 35.5. The van der Waals surface area contributed by atoms with E-state index in [-0.39, 0.29) is 18.1 Å². The van der Waals surface area contributed by atoms with Gasteiger partial charge in [0.25, 0.3) is 5.91 Å². The van der Waals surface area contributed by atoms with Crippen LogP contribution in [0.2, 0.25) is 10.0 Å². The van der Waals surface area contributed by atoms with Crippen LogP contribution in [0.3, 0.4) is 0 Å². The number of hydrogen-bond acceptors (Lipinski definition) is 5. The number of halogens is 2. The van der Waals surface area contributed by atoms with E-state index in [2.05, 4.69) is 10.5 Å². The van der Waals surface area contributed by atoms with Crippen molar-refractivity contribution in [2.75, 3.05) is 20.3 Å². The third kappa shape index (κ3) is 6.63. The Kier molecular flexibility index (Phi) is 8.44. The van der Waals surface area contributed by atoms with E-state index in [1.54, 1.807) is 25.3 Å². The average molecular weight is 517 g/mol. The zero-order chi connectivity index (χ0) is 24.8. The van der Waals surface area contributed by atoms with Crippen LogP contribution in [0, 0.1) is 0 Å². The van der Waals surface area contributed by atoms with Crippen LogP contribution in [0.4, 0.5) is 0 Å². The number of nitrogens with one attached hydrogen (secondary N) is 1. The normalized spacial score (nSPS) is 19.4. The predicted molar refractivity (Wildman–Crippen MR) is 134 cm³/mol. The predicted octanol–water partition coefficient (Wildman–Crippen LogP) is 3.92. The van der Waals surface area contributed by atoms with E-state index in [4.69, 9.17) is 37.5 Å². The van der Waals surface area contributed by atoms with Crippen LogP contribution in [0.5, 0.6) is 0 Å². The van der Waals surface area contributed by atoms with Crippen molar-refractivity contribution in [3.05, 3.63) is 87.4 Å². The molecule has 1 aliphatic carbocycles. The number of benzene rings is 1. The van der Waals surface area contributed by atoms with Crippen LogP contribution < -0.4 is 9.88 Å². The van der Waals surface area contributed by atoms with Crippen LogP contribution in [-0.4, -0.2) is 44.1 Å². The molecule has 184 valence electrons. The van der Waals surface area contributed by atoms with E-state index in [9.17, 15) is 4.79 Å². The van der Waals surface area contributed by atoms with Gasteiger partial charge in [-0.15, -0.1) is 0 Å². The molecule has 1 amide bonds. The highest BCUT2D eigenvalue weighted by Crippen LogP contribution is 2.24. The molecular weight excluding hydrogens is 489 g/mol. The fraction of sp³-hybridized carbons (Fsp3) is 0.346. The summed E-state index contributed by atoms with van der Waals surface area (Å²) in [5, 5.41) is 8.32. The van der Waals surface area contributed by atoms with Gasteiger partial charge in [0.05, 0.1) is 18.9 Å². The summed E-state index contributed by atoms with van der Waals surface area (Å²) >= 11 is 12.2. The average Bonchev–Trinajstić information content (AvgIpc) is 3.33. The van der Waals surface area contributed by atoms with Crippen LogP contribution in [0.15, 0.2) is 71.4 Å². The number of ether oxygens (including phenoxy) is 2. The maximum Gasteiger partial charge on any atom is 0.251 e. The number of nitrogens with zero attached hydrogens (tertiary/aromatic N) is 2. The van der Waals surface area contributed by atoms with Crippen LogP contribution in [-0.2, 0) is 32.6 Å². The molecule has 2 unspecified atom stereocenters. The van der Waals surface area contributed by atoms with Gasteiger partial charge >= 0.3 is 0 Å². The highest BCUT2D eigenvalue weighted by Gasteiger charge is 2.25. The molecule has 0 saturated carbocycles. The van der Waals surface area contributed by atoms with Crippen molar-refractivity contribution in [3.63, 3.8) is 0 Å². The minimum atomic E-state index is -0.242.